The van der Waals surface area contributed by atoms with E-state index >= 15 is 0 Å². The van der Waals surface area contributed by atoms with Crippen molar-refractivity contribution >= 4 is 29.2 Å². The number of carboxylic acids is 2. The lowest BCUT2D eigenvalue weighted by atomic mass is 10.00. The molecule has 10 nitrogen and oxygen atoms in total. The van der Waals surface area contributed by atoms with Gasteiger partial charge in [-0.1, -0.05) is 18.6 Å². The highest BCUT2D eigenvalue weighted by Gasteiger charge is 2.26. The zero-order valence-corrected chi connectivity index (χ0v) is 19.7. The molecule has 0 atom stereocenters. The first-order valence-electron chi connectivity index (χ1n) is 12.1. The van der Waals surface area contributed by atoms with Gasteiger partial charge < -0.3 is 30.1 Å². The maximum atomic E-state index is 12.7. The van der Waals surface area contributed by atoms with Gasteiger partial charge in [0.1, 0.15) is 0 Å². The van der Waals surface area contributed by atoms with Crippen LogP contribution in [0.2, 0.25) is 0 Å². The number of anilines is 2. The van der Waals surface area contributed by atoms with Crippen LogP contribution in [0.4, 0.5) is 11.4 Å². The molecule has 1 aromatic rings. The molecule has 3 aliphatic heterocycles. The summed E-state index contributed by atoms with van der Waals surface area (Å²) in [6.07, 6.45) is 6.48. The van der Waals surface area contributed by atoms with Crippen molar-refractivity contribution in [1.29, 1.82) is 0 Å². The summed E-state index contributed by atoms with van der Waals surface area (Å²) in [5.41, 5.74) is 2.01. The van der Waals surface area contributed by atoms with Crippen molar-refractivity contribution in [2.24, 2.45) is 0 Å². The van der Waals surface area contributed by atoms with E-state index in [-0.39, 0.29) is 5.91 Å². The van der Waals surface area contributed by atoms with E-state index in [0.717, 1.165) is 56.8 Å². The molecule has 0 saturated carbocycles. The molecule has 1 amide bonds. The Labute approximate surface area is 200 Å². The molecule has 4 rings (SSSR count). The monoisotopic (exact) mass is 476 g/mol. The highest BCUT2D eigenvalue weighted by atomic mass is 16.5. The van der Waals surface area contributed by atoms with Gasteiger partial charge in [-0.3, -0.25) is 9.69 Å². The minimum Gasteiger partial charge on any atom is -0.473 e. The Kier molecular flexibility index (Phi) is 10.1. The van der Waals surface area contributed by atoms with Crippen LogP contribution in [0.25, 0.3) is 0 Å². The van der Waals surface area contributed by atoms with Crippen LogP contribution in [0.5, 0.6) is 0 Å². The number of hydrogen-bond acceptors (Lipinski definition) is 7. The minimum atomic E-state index is -1.82. The number of benzene rings is 1. The number of nitrogens with zero attached hydrogens (tertiary/aromatic N) is 3. The van der Waals surface area contributed by atoms with Gasteiger partial charge in [0.05, 0.1) is 31.1 Å². The zero-order valence-electron chi connectivity index (χ0n) is 19.7. The SMILES string of the molecule is O=C(CN1CCC(N2CCCCC2)CC1)Nc1ccccc1N1CCOCC1.O=C(O)C(=O)O. The van der Waals surface area contributed by atoms with Crippen molar-refractivity contribution in [2.45, 2.75) is 38.1 Å². The number of rotatable bonds is 5. The second kappa shape index (κ2) is 13.3. The quantitative estimate of drug-likeness (QED) is 0.544. The number of nitrogens with one attached hydrogen (secondary N) is 1. The van der Waals surface area contributed by atoms with E-state index in [1.807, 2.05) is 18.2 Å². The molecule has 3 saturated heterocycles. The zero-order chi connectivity index (χ0) is 24.3. The number of ether oxygens (including phenoxy) is 1. The van der Waals surface area contributed by atoms with Crippen LogP contribution in [0.15, 0.2) is 24.3 Å². The molecule has 188 valence electrons. The van der Waals surface area contributed by atoms with E-state index < -0.39 is 11.9 Å². The fourth-order valence-corrected chi connectivity index (χ4v) is 4.78. The third kappa shape index (κ3) is 7.96. The van der Waals surface area contributed by atoms with Crippen LogP contribution in [-0.4, -0.2) is 103 Å². The third-order valence-electron chi connectivity index (χ3n) is 6.54. The first-order chi connectivity index (χ1) is 16.4. The first kappa shape index (κ1) is 25.9. The van der Waals surface area contributed by atoms with Crippen LogP contribution in [0.1, 0.15) is 32.1 Å². The summed E-state index contributed by atoms with van der Waals surface area (Å²) >= 11 is 0. The predicted molar refractivity (Wildman–Crippen MR) is 128 cm³/mol. The van der Waals surface area contributed by atoms with E-state index in [4.69, 9.17) is 24.5 Å². The van der Waals surface area contributed by atoms with Crippen LogP contribution >= 0.6 is 0 Å². The Morgan fingerprint density at radius 1 is 0.882 bits per heavy atom. The van der Waals surface area contributed by atoms with Gasteiger partial charge in [-0.05, 0) is 50.9 Å². The number of carbonyl (C=O) groups excluding carboxylic acids is 1. The van der Waals surface area contributed by atoms with Crippen LogP contribution in [0.3, 0.4) is 0 Å². The molecule has 3 fully saturated rings. The molecule has 3 heterocycles. The molecule has 0 aliphatic carbocycles. The van der Waals surface area contributed by atoms with Gasteiger partial charge in [-0.15, -0.1) is 0 Å². The Bertz CT molecular complexity index is 803. The van der Waals surface area contributed by atoms with Crippen molar-refractivity contribution in [2.75, 3.05) is 69.2 Å². The number of carbonyl (C=O) groups is 3. The van der Waals surface area contributed by atoms with Crippen LogP contribution in [0, 0.1) is 0 Å². The van der Waals surface area contributed by atoms with Crippen molar-refractivity contribution in [1.82, 2.24) is 9.80 Å². The average molecular weight is 477 g/mol. The maximum absolute atomic E-state index is 12.7. The molecule has 1 aromatic carbocycles. The van der Waals surface area contributed by atoms with E-state index in [1.165, 1.54) is 45.2 Å². The van der Waals surface area contributed by atoms with E-state index in [9.17, 15) is 4.79 Å². The van der Waals surface area contributed by atoms with Crippen LogP contribution in [-0.2, 0) is 19.1 Å². The summed E-state index contributed by atoms with van der Waals surface area (Å²) in [7, 11) is 0. The molecule has 0 spiro atoms. The molecular weight excluding hydrogens is 440 g/mol. The summed E-state index contributed by atoms with van der Waals surface area (Å²) in [5, 5.41) is 17.9. The fourth-order valence-electron chi connectivity index (χ4n) is 4.78. The highest BCUT2D eigenvalue weighted by molar-refractivity contribution is 6.27. The smallest absolute Gasteiger partial charge is 0.414 e. The van der Waals surface area contributed by atoms with Crippen molar-refractivity contribution in [3.8, 4) is 0 Å². The maximum Gasteiger partial charge on any atom is 0.414 e. The lowest BCUT2D eigenvalue weighted by Gasteiger charge is -2.40. The Balaban J connectivity index is 0.000000481. The van der Waals surface area contributed by atoms with Crippen LogP contribution < -0.4 is 10.2 Å². The number of likely N-dealkylation sites (tertiary alicyclic amines) is 2. The number of morpholine rings is 1. The molecule has 0 aromatic heterocycles. The van der Waals surface area contributed by atoms with Crippen molar-refractivity contribution in [3.05, 3.63) is 24.3 Å². The number of para-hydroxylation sites is 2. The molecular formula is C24H36N4O6. The molecule has 10 heteroatoms. The number of amides is 1. The Hall–Kier alpha value is -2.69. The van der Waals surface area contributed by atoms with Gasteiger partial charge in [0.15, 0.2) is 0 Å². The Morgan fingerprint density at radius 2 is 1.50 bits per heavy atom. The topological polar surface area (TPSA) is 123 Å². The molecule has 34 heavy (non-hydrogen) atoms. The summed E-state index contributed by atoms with van der Waals surface area (Å²) in [6, 6.07) is 8.84. The average Bonchev–Trinajstić information content (AvgIpc) is 2.86. The highest BCUT2D eigenvalue weighted by Crippen LogP contribution is 2.26. The van der Waals surface area contributed by atoms with Gasteiger partial charge in [0, 0.05) is 32.2 Å². The lowest BCUT2D eigenvalue weighted by molar-refractivity contribution is -0.159. The van der Waals surface area contributed by atoms with Crippen molar-refractivity contribution < 1.29 is 29.3 Å². The summed E-state index contributed by atoms with van der Waals surface area (Å²) in [4.78, 5) is 38.2. The normalized spacial score (nSPS) is 20.2. The fraction of sp³-hybridized carbons (Fsp3) is 0.625. The van der Waals surface area contributed by atoms with E-state index in [0.29, 0.717) is 6.54 Å². The summed E-state index contributed by atoms with van der Waals surface area (Å²) < 4.78 is 5.46. The lowest BCUT2D eigenvalue weighted by Crippen LogP contribution is -2.48. The standard InChI is InChI=1S/C22H34N4O2.C2H2O4/c27-22(18-24-12-8-19(9-13-24)25-10-4-1-5-11-25)23-20-6-2-3-7-21(20)26-14-16-28-17-15-26;3-1(4)2(5)6/h2-3,6-7,19H,1,4-5,8-18H2,(H,23,27);(H,3,4)(H,5,6). The second-order valence-electron chi connectivity index (χ2n) is 8.88. The summed E-state index contributed by atoms with van der Waals surface area (Å²) in [6.45, 7) is 8.31. The number of aliphatic carboxylic acids is 2. The first-order valence-corrected chi connectivity index (χ1v) is 12.1. The molecule has 0 unspecified atom stereocenters. The molecule has 3 aliphatic rings. The van der Waals surface area contributed by atoms with Gasteiger partial charge in [0.25, 0.3) is 0 Å². The number of hydrogen-bond donors (Lipinski definition) is 3. The van der Waals surface area contributed by atoms with E-state index in [2.05, 4.69) is 26.1 Å². The summed E-state index contributed by atoms with van der Waals surface area (Å²) in [5.74, 6) is -3.55. The molecule has 3 N–H and O–H groups in total. The number of piperidine rings is 2. The second-order valence-corrected chi connectivity index (χ2v) is 8.88. The van der Waals surface area contributed by atoms with Crippen molar-refractivity contribution in [3.63, 3.8) is 0 Å². The van der Waals surface area contributed by atoms with Gasteiger partial charge in [-0.2, -0.15) is 0 Å². The third-order valence-corrected chi connectivity index (χ3v) is 6.54. The predicted octanol–water partition coefficient (Wildman–Crippen LogP) is 1.57. The van der Waals surface area contributed by atoms with Gasteiger partial charge in [-0.25, -0.2) is 9.59 Å². The van der Waals surface area contributed by atoms with Gasteiger partial charge >= 0.3 is 11.9 Å². The molecule has 0 bridgehead atoms. The Morgan fingerprint density at radius 3 is 2.12 bits per heavy atom. The van der Waals surface area contributed by atoms with E-state index in [1.54, 1.807) is 0 Å². The number of carboxylic acid groups (broad SMARTS) is 2. The largest absolute Gasteiger partial charge is 0.473 e. The minimum absolute atomic E-state index is 0.0946. The molecule has 0 radical (unpaired) electrons. The van der Waals surface area contributed by atoms with Gasteiger partial charge in [0.2, 0.25) is 5.91 Å².